The molecule has 4 heterocycles. The monoisotopic (exact) mass is 1020 g/mol. The fourth-order valence-corrected chi connectivity index (χ4v) is 8.17. The highest BCUT2D eigenvalue weighted by Gasteiger charge is 2.55. The Morgan fingerprint density at radius 2 is 0.871 bits per heavy atom. The Morgan fingerprint density at radius 3 is 1.24 bits per heavy atom. The van der Waals surface area contributed by atoms with Gasteiger partial charge >= 0.3 is 47.8 Å². The zero-order valence-corrected chi connectivity index (χ0v) is 41.3. The molecular formula is C47H54O21S2. The smallest absolute Gasteiger partial charge is 0.303 e. The molecule has 3 aromatic rings. The van der Waals surface area contributed by atoms with Gasteiger partial charge in [0.15, 0.2) is 24.4 Å². The summed E-state index contributed by atoms with van der Waals surface area (Å²) in [5, 5.41) is 3.56. The third-order valence-corrected chi connectivity index (χ3v) is 11.2. The number of rotatable bonds is 18. The minimum atomic E-state index is -1.32. The summed E-state index contributed by atoms with van der Waals surface area (Å²) >= 11 is 2.75. The molecule has 5 rings (SSSR count). The summed E-state index contributed by atoms with van der Waals surface area (Å²) in [5.41, 5.74) is 0.919. The van der Waals surface area contributed by atoms with Gasteiger partial charge in [0.25, 0.3) is 0 Å². The normalized spacial score (nSPS) is 23.7. The highest BCUT2D eigenvalue weighted by molar-refractivity contribution is 7.11. The van der Waals surface area contributed by atoms with Gasteiger partial charge in [-0.2, -0.15) is 0 Å². The zero-order valence-electron chi connectivity index (χ0n) is 39.6. The van der Waals surface area contributed by atoms with E-state index in [9.17, 15) is 38.4 Å². The number of esters is 8. The largest absolute Gasteiger partial charge is 0.497 e. The number of benzene rings is 1. The van der Waals surface area contributed by atoms with Crippen molar-refractivity contribution in [3.05, 3.63) is 69.1 Å². The van der Waals surface area contributed by atoms with Crippen molar-refractivity contribution in [1.82, 2.24) is 0 Å². The second-order valence-corrected chi connectivity index (χ2v) is 16.9. The molecule has 70 heavy (non-hydrogen) atoms. The summed E-state index contributed by atoms with van der Waals surface area (Å²) in [6.07, 6.45) is -7.14. The van der Waals surface area contributed by atoms with Crippen LogP contribution in [0.2, 0.25) is 0 Å². The van der Waals surface area contributed by atoms with Crippen molar-refractivity contribution in [2.45, 2.75) is 117 Å². The third-order valence-electron chi connectivity index (χ3n) is 9.43. The average molecular weight is 1020 g/mol. The van der Waals surface area contributed by atoms with Gasteiger partial charge in [0, 0.05) is 55.4 Å². The molecule has 2 aliphatic heterocycles. The van der Waals surface area contributed by atoms with Crippen molar-refractivity contribution in [1.29, 1.82) is 0 Å². The molecule has 21 nitrogen and oxygen atoms in total. The molecule has 2 aromatic heterocycles. The van der Waals surface area contributed by atoms with Gasteiger partial charge in [-0.05, 0) is 52.7 Å². The number of carbonyl (C=O) groups is 8. The second kappa shape index (κ2) is 26.8. The van der Waals surface area contributed by atoms with Crippen LogP contribution in [-0.4, -0.2) is 129 Å². The molecule has 10 unspecified atom stereocenters. The lowest BCUT2D eigenvalue weighted by Crippen LogP contribution is -2.63. The van der Waals surface area contributed by atoms with E-state index in [2.05, 4.69) is 6.58 Å². The lowest BCUT2D eigenvalue weighted by Gasteiger charge is -2.43. The van der Waals surface area contributed by atoms with Crippen molar-refractivity contribution in [3.63, 3.8) is 0 Å². The number of thiophene rings is 2. The summed E-state index contributed by atoms with van der Waals surface area (Å²) < 4.78 is 71.5. The SMILES string of the molecule is C=Cc1sccc1OC1OC(COC(C)=O)C(OC(C)=O)C(OC(C)=O)C1OC(C)=O.COc1ccc(/C=C/c2sccc2OC2OC(COC(C)=O)C(OC(C)=O)C(OC(C)=O)C2OC(C)=O)cc1. The van der Waals surface area contributed by atoms with Crippen molar-refractivity contribution in [2.75, 3.05) is 20.3 Å². The van der Waals surface area contributed by atoms with Crippen LogP contribution in [0.3, 0.4) is 0 Å². The van der Waals surface area contributed by atoms with Crippen molar-refractivity contribution in [3.8, 4) is 17.2 Å². The molecule has 0 aliphatic carbocycles. The molecular weight excluding hydrogens is 965 g/mol. The summed E-state index contributed by atoms with van der Waals surface area (Å²) in [7, 11) is 1.59. The van der Waals surface area contributed by atoms with Crippen LogP contribution < -0.4 is 14.2 Å². The molecule has 380 valence electrons. The molecule has 0 saturated carbocycles. The van der Waals surface area contributed by atoms with E-state index in [0.717, 1.165) is 50.8 Å². The topological polar surface area (TPSA) is 257 Å². The number of hydrogen-bond acceptors (Lipinski definition) is 23. The molecule has 23 heteroatoms. The van der Waals surface area contributed by atoms with Crippen LogP contribution in [0.25, 0.3) is 18.2 Å². The van der Waals surface area contributed by atoms with Gasteiger partial charge in [-0.15, -0.1) is 22.7 Å². The highest BCUT2D eigenvalue weighted by atomic mass is 32.1. The Labute approximate surface area is 410 Å². The average Bonchev–Trinajstić information content (AvgIpc) is 3.93. The molecule has 2 fully saturated rings. The molecule has 2 aliphatic rings. The predicted octanol–water partition coefficient (Wildman–Crippen LogP) is 5.24. The van der Waals surface area contributed by atoms with E-state index < -0.39 is 109 Å². The van der Waals surface area contributed by atoms with Gasteiger partial charge in [0.05, 0.1) is 16.9 Å². The van der Waals surface area contributed by atoms with Crippen LogP contribution in [0.1, 0.15) is 70.7 Å². The van der Waals surface area contributed by atoms with Crippen LogP contribution >= 0.6 is 22.7 Å². The van der Waals surface area contributed by atoms with Gasteiger partial charge in [-0.1, -0.05) is 24.8 Å². The number of carbonyl (C=O) groups excluding carboxylic acids is 8. The van der Waals surface area contributed by atoms with Crippen LogP contribution in [0.5, 0.6) is 17.2 Å². The zero-order chi connectivity index (χ0) is 51.7. The van der Waals surface area contributed by atoms with Crippen LogP contribution in [0, 0.1) is 0 Å². The van der Waals surface area contributed by atoms with Crippen molar-refractivity contribution < 1.29 is 99.9 Å². The molecule has 0 radical (unpaired) electrons. The van der Waals surface area contributed by atoms with Crippen LogP contribution in [-0.2, 0) is 85.7 Å². The number of hydrogen-bond donors (Lipinski definition) is 0. The molecule has 0 amide bonds. The van der Waals surface area contributed by atoms with Gasteiger partial charge in [-0.3, -0.25) is 38.4 Å². The standard InChI is InChI=1S/C27H30O11S.C20H24O10S/c1-15(28)33-14-22-24(34-16(2)29)25(35-17(3)30)26(36-18(4)31)27(38-22)37-21-12-13-39-23(21)11-8-19-6-9-20(32-5)10-7-19;1-6-16-14(7-8-31-16)29-20-19(28-13(5)24)18(27-12(4)23)17(26-11(3)22)15(30-20)9-25-10(2)21/h6-13,22,24-27H,14H2,1-5H3;6-8,15,17-20H,1,9H2,2-5H3/b11-8+;. The van der Waals surface area contributed by atoms with E-state index in [-0.39, 0.29) is 13.2 Å². The number of methoxy groups -OCH3 is 1. The first-order chi connectivity index (χ1) is 33.2. The molecule has 1 aromatic carbocycles. The quantitative estimate of drug-likeness (QED) is 0.117. The summed E-state index contributed by atoms with van der Waals surface area (Å²) in [6, 6.07) is 10.8. The molecule has 0 spiro atoms. The van der Waals surface area contributed by atoms with E-state index >= 15 is 0 Å². The fourth-order valence-electron chi connectivity index (χ4n) is 6.79. The Balaban J connectivity index is 0.000000313. The Kier molecular flexibility index (Phi) is 21.4. The van der Waals surface area contributed by atoms with Crippen LogP contribution in [0.4, 0.5) is 0 Å². The van der Waals surface area contributed by atoms with E-state index in [0.29, 0.717) is 16.4 Å². The Hall–Kier alpha value is -6.82. The van der Waals surface area contributed by atoms with E-state index in [1.165, 1.54) is 43.4 Å². The maximum Gasteiger partial charge on any atom is 0.303 e. The van der Waals surface area contributed by atoms with Crippen molar-refractivity contribution >= 4 is 88.7 Å². The van der Waals surface area contributed by atoms with Gasteiger partial charge < -0.3 is 61.6 Å². The number of ether oxygens (including phenoxy) is 13. The first-order valence-electron chi connectivity index (χ1n) is 21.2. The second-order valence-electron chi connectivity index (χ2n) is 15.0. The lowest BCUT2D eigenvalue weighted by molar-refractivity contribution is -0.288. The molecule has 0 bridgehead atoms. The van der Waals surface area contributed by atoms with Gasteiger partial charge in [0.2, 0.25) is 24.8 Å². The van der Waals surface area contributed by atoms with Gasteiger partial charge in [-0.25, -0.2) is 0 Å². The Morgan fingerprint density at radius 1 is 0.500 bits per heavy atom. The molecule has 10 atom stereocenters. The maximum atomic E-state index is 12.0. The lowest BCUT2D eigenvalue weighted by atomic mass is 9.98. The van der Waals surface area contributed by atoms with E-state index in [1.54, 1.807) is 36.1 Å². The molecule has 0 N–H and O–H groups in total. The van der Waals surface area contributed by atoms with Crippen molar-refractivity contribution in [2.24, 2.45) is 0 Å². The van der Waals surface area contributed by atoms with Crippen LogP contribution in [0.15, 0.2) is 53.7 Å². The summed E-state index contributed by atoms with van der Waals surface area (Å²) in [4.78, 5) is 95.4. The van der Waals surface area contributed by atoms with E-state index in [4.69, 9.17) is 61.6 Å². The summed E-state index contributed by atoms with van der Waals surface area (Å²) in [5.74, 6) is -3.94. The first kappa shape index (κ1) is 55.8. The first-order valence-corrected chi connectivity index (χ1v) is 23.0. The predicted molar refractivity (Wildman–Crippen MR) is 246 cm³/mol. The summed E-state index contributed by atoms with van der Waals surface area (Å²) in [6.45, 7) is 12.4. The van der Waals surface area contributed by atoms with Gasteiger partial charge in [0.1, 0.15) is 42.7 Å². The highest BCUT2D eigenvalue weighted by Crippen LogP contribution is 2.36. The molecule has 2 saturated heterocycles. The van der Waals surface area contributed by atoms with E-state index in [1.807, 2.05) is 36.4 Å². The maximum absolute atomic E-state index is 12.0. The fraction of sp³-hybridized carbons (Fsp3) is 0.447. The Bertz CT molecular complexity index is 2330. The minimum Gasteiger partial charge on any atom is -0.497 e. The minimum absolute atomic E-state index is 0.324. The third kappa shape index (κ3) is 17.0.